The molecular formula is C24H28F2N6O4. The lowest BCUT2D eigenvalue weighted by Gasteiger charge is -2.33. The van der Waals surface area contributed by atoms with Gasteiger partial charge in [-0.15, -0.1) is 0 Å². The molecule has 1 aromatic carbocycles. The SMILES string of the molecule is Cc1cc(NC(=O)c2ccc([N+](=O)[O-])cc2N2CCC3(CO)CC3C2)nc(N2CCC(F)(F)CC2)n1. The average molecular weight is 503 g/mol. The number of hydrogen-bond acceptors (Lipinski definition) is 8. The highest BCUT2D eigenvalue weighted by Gasteiger charge is 2.56. The Hall–Kier alpha value is -3.41. The lowest BCUT2D eigenvalue weighted by atomic mass is 9.95. The summed E-state index contributed by atoms with van der Waals surface area (Å²) < 4.78 is 27.1. The Morgan fingerprint density at radius 1 is 1.19 bits per heavy atom. The third-order valence-corrected chi connectivity index (χ3v) is 7.63. The molecule has 2 unspecified atom stereocenters. The zero-order valence-corrected chi connectivity index (χ0v) is 19.9. The van der Waals surface area contributed by atoms with Crippen LogP contribution in [0.5, 0.6) is 0 Å². The molecule has 1 amide bonds. The summed E-state index contributed by atoms with van der Waals surface area (Å²) in [6.45, 7) is 3.27. The highest BCUT2D eigenvalue weighted by molar-refractivity contribution is 6.08. The first-order chi connectivity index (χ1) is 17.1. The summed E-state index contributed by atoms with van der Waals surface area (Å²) in [7, 11) is 0. The van der Waals surface area contributed by atoms with E-state index >= 15 is 0 Å². The van der Waals surface area contributed by atoms with E-state index < -0.39 is 16.8 Å². The van der Waals surface area contributed by atoms with Crippen molar-refractivity contribution in [3.63, 3.8) is 0 Å². The molecule has 192 valence electrons. The van der Waals surface area contributed by atoms with Crippen molar-refractivity contribution in [3.05, 3.63) is 45.6 Å². The van der Waals surface area contributed by atoms with Crippen molar-refractivity contribution in [2.75, 3.05) is 47.9 Å². The quantitative estimate of drug-likeness (QED) is 0.455. The Morgan fingerprint density at radius 2 is 1.92 bits per heavy atom. The number of rotatable bonds is 6. The number of nitrogens with one attached hydrogen (secondary N) is 1. The summed E-state index contributed by atoms with van der Waals surface area (Å²) in [5, 5.41) is 23.9. The lowest BCUT2D eigenvalue weighted by Crippen LogP contribution is -2.40. The van der Waals surface area contributed by atoms with Crippen LogP contribution in [0.1, 0.15) is 41.7 Å². The van der Waals surface area contributed by atoms with E-state index in [-0.39, 0.29) is 66.9 Å². The number of aliphatic hydroxyl groups excluding tert-OH is 1. The second kappa shape index (κ2) is 8.91. The first kappa shape index (κ1) is 24.3. The van der Waals surface area contributed by atoms with Crippen molar-refractivity contribution in [1.82, 2.24) is 9.97 Å². The topological polar surface area (TPSA) is 125 Å². The summed E-state index contributed by atoms with van der Waals surface area (Å²) in [6, 6.07) is 5.73. The number of alkyl halides is 2. The van der Waals surface area contributed by atoms with Gasteiger partial charge in [0.2, 0.25) is 5.95 Å². The van der Waals surface area contributed by atoms with Crippen LogP contribution >= 0.6 is 0 Å². The Balaban J connectivity index is 1.38. The first-order valence-electron chi connectivity index (χ1n) is 12.0. The monoisotopic (exact) mass is 502 g/mol. The standard InChI is InChI=1S/C24H28F2N6O4/c1-15-10-20(29-22(27-15)30-8-5-24(25,26)6-9-30)28-21(34)18-3-2-17(32(35)36)11-19(18)31-7-4-23(14-33)12-16(23)13-31/h2-3,10-11,16,33H,4-9,12-14H2,1H3,(H,27,28,29,34). The number of hydrogen-bond donors (Lipinski definition) is 2. The Bertz CT molecular complexity index is 1200. The number of nitro benzene ring substituents is 1. The molecule has 5 rings (SSSR count). The van der Waals surface area contributed by atoms with Crippen LogP contribution in [0, 0.1) is 28.4 Å². The van der Waals surface area contributed by atoms with E-state index in [9.17, 15) is 28.8 Å². The summed E-state index contributed by atoms with van der Waals surface area (Å²) in [5.74, 6) is -2.39. The van der Waals surface area contributed by atoms with Crippen LogP contribution in [0.25, 0.3) is 0 Å². The van der Waals surface area contributed by atoms with Gasteiger partial charge in [0.05, 0.1) is 16.2 Å². The molecule has 2 saturated heterocycles. The minimum atomic E-state index is -2.70. The maximum Gasteiger partial charge on any atom is 0.271 e. The molecule has 3 fully saturated rings. The molecule has 0 radical (unpaired) electrons. The van der Waals surface area contributed by atoms with Gasteiger partial charge in [-0.1, -0.05) is 0 Å². The van der Waals surface area contributed by atoms with Crippen LogP contribution < -0.4 is 15.1 Å². The van der Waals surface area contributed by atoms with Crippen LogP contribution in [-0.2, 0) is 0 Å². The molecule has 1 aromatic heterocycles. The normalized spacial score (nSPS) is 24.7. The van der Waals surface area contributed by atoms with Crippen LogP contribution in [0.3, 0.4) is 0 Å². The largest absolute Gasteiger partial charge is 0.396 e. The van der Waals surface area contributed by atoms with Gasteiger partial charge < -0.3 is 20.2 Å². The van der Waals surface area contributed by atoms with Crippen molar-refractivity contribution in [1.29, 1.82) is 0 Å². The Morgan fingerprint density at radius 3 is 2.58 bits per heavy atom. The van der Waals surface area contributed by atoms with Gasteiger partial charge in [-0.25, -0.2) is 13.8 Å². The second-order valence-corrected chi connectivity index (χ2v) is 10.1. The molecule has 10 nitrogen and oxygen atoms in total. The van der Waals surface area contributed by atoms with E-state index in [0.29, 0.717) is 24.5 Å². The zero-order chi connectivity index (χ0) is 25.7. The predicted octanol–water partition coefficient (Wildman–Crippen LogP) is 3.39. The third kappa shape index (κ3) is 4.69. The number of carbonyl (C=O) groups is 1. The molecule has 1 saturated carbocycles. The Labute approximate surface area is 206 Å². The number of amides is 1. The number of benzene rings is 1. The molecule has 2 N–H and O–H groups in total. The Kier molecular flexibility index (Phi) is 6.01. The van der Waals surface area contributed by atoms with Gasteiger partial charge in [0.15, 0.2) is 0 Å². The summed E-state index contributed by atoms with van der Waals surface area (Å²) in [5.41, 5.74) is 1.13. The molecule has 3 aliphatic rings. The number of aliphatic hydroxyl groups is 1. The highest BCUT2D eigenvalue weighted by Crippen LogP contribution is 2.58. The molecule has 2 aromatic rings. The number of fused-ring (bicyclic) bond motifs is 1. The predicted molar refractivity (Wildman–Crippen MR) is 129 cm³/mol. The van der Waals surface area contributed by atoms with Crippen molar-refractivity contribution in [2.24, 2.45) is 11.3 Å². The van der Waals surface area contributed by atoms with Crippen LogP contribution in [0.15, 0.2) is 24.3 Å². The highest BCUT2D eigenvalue weighted by atomic mass is 19.3. The summed E-state index contributed by atoms with van der Waals surface area (Å²) >= 11 is 0. The minimum Gasteiger partial charge on any atom is -0.396 e. The van der Waals surface area contributed by atoms with Crippen molar-refractivity contribution >= 4 is 29.0 Å². The number of non-ortho nitro benzene ring substituents is 1. The average Bonchev–Trinajstić information content (AvgIpc) is 3.57. The number of nitro groups is 1. The molecule has 0 spiro atoms. The van der Waals surface area contributed by atoms with E-state index in [0.717, 1.165) is 12.8 Å². The van der Waals surface area contributed by atoms with E-state index in [1.807, 2.05) is 4.90 Å². The van der Waals surface area contributed by atoms with E-state index in [2.05, 4.69) is 15.3 Å². The maximum absolute atomic E-state index is 13.6. The smallest absolute Gasteiger partial charge is 0.271 e. The van der Waals surface area contributed by atoms with Gasteiger partial charge in [0.1, 0.15) is 5.82 Å². The number of aromatic nitrogens is 2. The van der Waals surface area contributed by atoms with Gasteiger partial charge in [-0.05, 0) is 31.7 Å². The molecule has 2 atom stereocenters. The van der Waals surface area contributed by atoms with Gasteiger partial charge in [0.25, 0.3) is 17.5 Å². The fourth-order valence-electron chi connectivity index (χ4n) is 5.27. The molecule has 3 heterocycles. The fraction of sp³-hybridized carbons (Fsp3) is 0.542. The number of anilines is 3. The van der Waals surface area contributed by atoms with E-state index in [4.69, 9.17) is 0 Å². The number of nitrogens with zero attached hydrogens (tertiary/aromatic N) is 5. The van der Waals surface area contributed by atoms with Crippen molar-refractivity contribution < 1.29 is 23.6 Å². The zero-order valence-electron chi connectivity index (χ0n) is 19.9. The summed E-state index contributed by atoms with van der Waals surface area (Å²) in [4.78, 5) is 36.6. The van der Waals surface area contributed by atoms with Gasteiger partial charge in [0, 0.05) is 74.9 Å². The molecule has 2 aliphatic heterocycles. The van der Waals surface area contributed by atoms with Crippen LogP contribution in [0.4, 0.5) is 31.9 Å². The fourth-order valence-corrected chi connectivity index (χ4v) is 5.27. The van der Waals surface area contributed by atoms with Crippen molar-refractivity contribution in [3.8, 4) is 0 Å². The summed E-state index contributed by atoms with van der Waals surface area (Å²) in [6.07, 6.45) is 1.09. The van der Waals surface area contributed by atoms with Gasteiger partial charge >= 0.3 is 0 Å². The third-order valence-electron chi connectivity index (χ3n) is 7.63. The van der Waals surface area contributed by atoms with E-state index in [1.54, 1.807) is 17.9 Å². The first-order valence-corrected chi connectivity index (χ1v) is 12.0. The van der Waals surface area contributed by atoms with Crippen LogP contribution in [0.2, 0.25) is 0 Å². The number of aryl methyl sites for hydroxylation is 1. The second-order valence-electron chi connectivity index (χ2n) is 10.1. The minimum absolute atomic E-state index is 0.0626. The molecule has 36 heavy (non-hydrogen) atoms. The van der Waals surface area contributed by atoms with Crippen molar-refractivity contribution in [2.45, 2.75) is 38.5 Å². The van der Waals surface area contributed by atoms with Gasteiger partial charge in [-0.3, -0.25) is 14.9 Å². The molecule has 0 bridgehead atoms. The van der Waals surface area contributed by atoms with E-state index in [1.165, 1.54) is 18.2 Å². The molecular weight excluding hydrogens is 474 g/mol. The number of halogens is 2. The lowest BCUT2D eigenvalue weighted by molar-refractivity contribution is -0.384. The number of carbonyl (C=O) groups excluding carboxylic acids is 1. The molecule has 12 heteroatoms. The van der Waals surface area contributed by atoms with Gasteiger partial charge in [-0.2, -0.15) is 4.98 Å². The number of piperidine rings is 2. The van der Waals surface area contributed by atoms with Crippen LogP contribution in [-0.4, -0.2) is 64.6 Å². The maximum atomic E-state index is 13.6. The molecule has 1 aliphatic carbocycles.